The third-order valence-corrected chi connectivity index (χ3v) is 4.29. The van der Waals surface area contributed by atoms with Gasteiger partial charge >= 0.3 is 5.69 Å². The summed E-state index contributed by atoms with van der Waals surface area (Å²) < 4.78 is 5.46. The summed E-state index contributed by atoms with van der Waals surface area (Å²) in [5, 5.41) is 14.0. The average Bonchev–Trinajstić information content (AvgIpc) is 2.74. The number of carbonyl (C=O) groups excluding carboxylic acids is 2. The van der Waals surface area contributed by atoms with Crippen molar-refractivity contribution >= 4 is 28.9 Å². The van der Waals surface area contributed by atoms with E-state index in [-0.39, 0.29) is 42.3 Å². The quantitative estimate of drug-likeness (QED) is 0.659. The van der Waals surface area contributed by atoms with Gasteiger partial charge in [0, 0.05) is 18.5 Å². The van der Waals surface area contributed by atoms with E-state index >= 15 is 0 Å². The summed E-state index contributed by atoms with van der Waals surface area (Å²) in [6.45, 7) is 3.13. The van der Waals surface area contributed by atoms with Crippen molar-refractivity contribution < 1.29 is 19.2 Å². The normalized spacial score (nSPS) is 16.1. The largest absolute Gasteiger partial charge is 0.477 e. The number of para-hydroxylation sites is 2. The number of nitro groups is 1. The minimum Gasteiger partial charge on any atom is -0.477 e. The molecule has 0 fully saturated rings. The van der Waals surface area contributed by atoms with Crippen LogP contribution >= 0.6 is 0 Å². The van der Waals surface area contributed by atoms with Gasteiger partial charge in [-0.15, -0.1) is 0 Å². The highest BCUT2D eigenvalue weighted by Gasteiger charge is 2.30. The molecule has 0 aliphatic carbocycles. The number of carbonyl (C=O) groups is 2. The highest BCUT2D eigenvalue weighted by atomic mass is 16.6. The maximum atomic E-state index is 12.8. The van der Waals surface area contributed by atoms with Gasteiger partial charge in [-0.05, 0) is 37.6 Å². The zero-order valence-corrected chi connectivity index (χ0v) is 15.0. The van der Waals surface area contributed by atoms with Crippen LogP contribution in [0.3, 0.4) is 0 Å². The summed E-state index contributed by atoms with van der Waals surface area (Å²) in [6, 6.07) is 11.2. The van der Waals surface area contributed by atoms with Crippen LogP contribution < -0.4 is 15.0 Å². The van der Waals surface area contributed by atoms with Crippen LogP contribution in [0.2, 0.25) is 0 Å². The fourth-order valence-corrected chi connectivity index (χ4v) is 3.07. The molecule has 0 saturated heterocycles. The number of hydrogen-bond acceptors (Lipinski definition) is 5. The number of nitrogens with zero attached hydrogens (tertiary/aromatic N) is 2. The fraction of sp³-hybridized carbons (Fsp3) is 0.263. The first-order valence-corrected chi connectivity index (χ1v) is 8.45. The van der Waals surface area contributed by atoms with Crippen molar-refractivity contribution in [2.75, 3.05) is 16.8 Å². The summed E-state index contributed by atoms with van der Waals surface area (Å²) in [5.74, 6) is -0.537. The van der Waals surface area contributed by atoms with Gasteiger partial charge in [0.25, 0.3) is 5.91 Å². The van der Waals surface area contributed by atoms with Crippen molar-refractivity contribution in [2.45, 2.75) is 26.3 Å². The Morgan fingerprint density at radius 2 is 2.07 bits per heavy atom. The third-order valence-electron chi connectivity index (χ3n) is 4.29. The van der Waals surface area contributed by atoms with Crippen LogP contribution in [0, 0.1) is 17.0 Å². The molecule has 140 valence electrons. The molecule has 3 rings (SSSR count). The summed E-state index contributed by atoms with van der Waals surface area (Å²) in [4.78, 5) is 37.0. The first-order chi connectivity index (χ1) is 12.9. The van der Waals surface area contributed by atoms with Gasteiger partial charge in [-0.2, -0.15) is 0 Å². The van der Waals surface area contributed by atoms with Gasteiger partial charge in [0.2, 0.25) is 5.91 Å². The number of rotatable bonds is 4. The first kappa shape index (κ1) is 18.4. The van der Waals surface area contributed by atoms with E-state index in [4.69, 9.17) is 4.74 Å². The second-order valence-electron chi connectivity index (χ2n) is 6.40. The van der Waals surface area contributed by atoms with E-state index in [0.29, 0.717) is 11.4 Å². The first-order valence-electron chi connectivity index (χ1n) is 8.45. The van der Waals surface area contributed by atoms with E-state index in [9.17, 15) is 19.7 Å². The molecule has 0 radical (unpaired) electrons. The second kappa shape index (κ2) is 7.45. The second-order valence-corrected chi connectivity index (χ2v) is 6.40. The van der Waals surface area contributed by atoms with E-state index in [0.717, 1.165) is 5.56 Å². The predicted octanol–water partition coefficient (Wildman–Crippen LogP) is 3.05. The molecule has 2 aromatic carbocycles. The number of amides is 2. The van der Waals surface area contributed by atoms with Crippen molar-refractivity contribution in [3.8, 4) is 5.75 Å². The van der Waals surface area contributed by atoms with Crippen LogP contribution in [-0.2, 0) is 9.59 Å². The van der Waals surface area contributed by atoms with Crippen molar-refractivity contribution in [1.29, 1.82) is 0 Å². The maximum absolute atomic E-state index is 12.8. The van der Waals surface area contributed by atoms with Crippen LogP contribution in [0.5, 0.6) is 5.75 Å². The van der Waals surface area contributed by atoms with Gasteiger partial charge in [0.1, 0.15) is 0 Å². The summed E-state index contributed by atoms with van der Waals surface area (Å²) in [7, 11) is 0. The molecule has 2 aromatic rings. The average molecular weight is 369 g/mol. The predicted molar refractivity (Wildman–Crippen MR) is 100.0 cm³/mol. The number of fused-ring (bicyclic) bond motifs is 1. The molecule has 1 aliphatic heterocycles. The lowest BCUT2D eigenvalue weighted by atomic mass is 10.1. The Bertz CT molecular complexity index is 912. The van der Waals surface area contributed by atoms with Crippen LogP contribution in [0.15, 0.2) is 42.5 Å². The minimum atomic E-state index is -0.542. The highest BCUT2D eigenvalue weighted by molar-refractivity contribution is 6.04. The van der Waals surface area contributed by atoms with Crippen molar-refractivity contribution in [3.63, 3.8) is 0 Å². The molecule has 0 saturated carbocycles. The molecule has 2 amide bonds. The number of anilines is 2. The molecule has 0 bridgehead atoms. The van der Waals surface area contributed by atoms with E-state index in [1.54, 1.807) is 44.2 Å². The molecule has 1 heterocycles. The van der Waals surface area contributed by atoms with Gasteiger partial charge in [0.15, 0.2) is 12.4 Å². The van der Waals surface area contributed by atoms with E-state index in [1.807, 2.05) is 0 Å². The van der Waals surface area contributed by atoms with Gasteiger partial charge in [-0.3, -0.25) is 19.7 Å². The van der Waals surface area contributed by atoms with Crippen molar-refractivity contribution in [3.05, 3.63) is 58.1 Å². The Balaban J connectivity index is 1.84. The van der Waals surface area contributed by atoms with E-state index in [1.165, 1.54) is 17.0 Å². The topological polar surface area (TPSA) is 102 Å². The van der Waals surface area contributed by atoms with Crippen LogP contribution in [0.1, 0.15) is 18.9 Å². The van der Waals surface area contributed by atoms with Gasteiger partial charge < -0.3 is 15.0 Å². The SMILES string of the molecule is Cc1ccc(OCC(=O)N2c3ccccc3NC(=O)C[C@@H]2C)c([N+](=O)[O-])c1. The highest BCUT2D eigenvalue weighted by Crippen LogP contribution is 2.32. The molecular formula is C19H19N3O5. The molecule has 27 heavy (non-hydrogen) atoms. The van der Waals surface area contributed by atoms with E-state index < -0.39 is 4.92 Å². The van der Waals surface area contributed by atoms with Crippen LogP contribution in [0.4, 0.5) is 17.1 Å². The van der Waals surface area contributed by atoms with Crippen molar-refractivity contribution in [1.82, 2.24) is 0 Å². The molecule has 8 heteroatoms. The number of aryl methyl sites for hydroxylation is 1. The fourth-order valence-electron chi connectivity index (χ4n) is 3.07. The van der Waals surface area contributed by atoms with Crippen molar-refractivity contribution in [2.24, 2.45) is 0 Å². The molecule has 0 unspecified atom stereocenters. The van der Waals surface area contributed by atoms with Gasteiger partial charge in [0.05, 0.1) is 16.3 Å². The molecule has 0 aromatic heterocycles. The number of nitrogens with one attached hydrogen (secondary N) is 1. The number of hydrogen-bond donors (Lipinski definition) is 1. The lowest BCUT2D eigenvalue weighted by Gasteiger charge is -2.27. The zero-order valence-electron chi connectivity index (χ0n) is 15.0. The number of benzene rings is 2. The van der Waals surface area contributed by atoms with Crippen LogP contribution in [-0.4, -0.2) is 29.4 Å². The Hall–Kier alpha value is -3.42. The molecule has 1 aliphatic rings. The Labute approximate surface area is 155 Å². The van der Waals surface area contributed by atoms with Gasteiger partial charge in [-0.25, -0.2) is 0 Å². The van der Waals surface area contributed by atoms with Crippen LogP contribution in [0.25, 0.3) is 0 Å². The molecule has 1 N–H and O–H groups in total. The summed E-state index contributed by atoms with van der Waals surface area (Å²) in [6.07, 6.45) is 0.144. The molecule has 0 spiro atoms. The minimum absolute atomic E-state index is 0.0314. The standard InChI is InChI=1S/C19H19N3O5/c1-12-7-8-17(16(9-12)22(25)26)27-11-19(24)21-13(2)10-18(23)20-14-5-3-4-6-15(14)21/h3-9,13H,10-11H2,1-2H3,(H,20,23)/t13-/m0/s1. The number of ether oxygens (including phenoxy) is 1. The monoisotopic (exact) mass is 369 g/mol. The Morgan fingerprint density at radius 1 is 1.33 bits per heavy atom. The molecule has 1 atom stereocenters. The van der Waals surface area contributed by atoms with Gasteiger partial charge in [-0.1, -0.05) is 18.2 Å². The molecule has 8 nitrogen and oxygen atoms in total. The molecular weight excluding hydrogens is 350 g/mol. The lowest BCUT2D eigenvalue weighted by molar-refractivity contribution is -0.385. The zero-order chi connectivity index (χ0) is 19.6. The smallest absolute Gasteiger partial charge is 0.311 e. The Kier molecular flexibility index (Phi) is 5.07. The maximum Gasteiger partial charge on any atom is 0.311 e. The number of nitro benzene ring substituents is 1. The summed E-state index contributed by atoms with van der Waals surface area (Å²) >= 11 is 0. The van der Waals surface area contributed by atoms with E-state index in [2.05, 4.69) is 5.32 Å². The lowest BCUT2D eigenvalue weighted by Crippen LogP contribution is -2.41. The summed E-state index contributed by atoms with van der Waals surface area (Å²) in [5.41, 5.74) is 1.65. The third kappa shape index (κ3) is 3.89. The Morgan fingerprint density at radius 3 is 2.81 bits per heavy atom.